The van der Waals surface area contributed by atoms with Crippen LogP contribution in [0.4, 0.5) is 17.2 Å². The molecule has 6 nitrogen and oxygen atoms in total. The van der Waals surface area contributed by atoms with Gasteiger partial charge in [0.2, 0.25) is 0 Å². The Bertz CT molecular complexity index is 1080. The van der Waals surface area contributed by atoms with Crippen molar-refractivity contribution in [3.05, 3.63) is 76.9 Å². The van der Waals surface area contributed by atoms with Crippen LogP contribution in [0, 0.1) is 0 Å². The predicted molar refractivity (Wildman–Crippen MR) is 113 cm³/mol. The minimum atomic E-state index is -0.300. The fraction of sp³-hybridized carbons (Fsp3) is 0.136. The van der Waals surface area contributed by atoms with Gasteiger partial charge in [-0.2, -0.15) is 0 Å². The molecule has 7 heteroatoms. The number of benzene rings is 2. The first kappa shape index (κ1) is 19.0. The Hall–Kier alpha value is -3.38. The number of aromatic nitrogens is 1. The number of Topliss-reactive ketones (excluding diaryl/α,β-unsaturated/α-hetero) is 1. The van der Waals surface area contributed by atoms with Gasteiger partial charge in [0.1, 0.15) is 6.61 Å². The number of halogens is 1. The highest BCUT2D eigenvalue weighted by atomic mass is 35.5. The lowest BCUT2D eigenvalue weighted by Gasteiger charge is -2.31. The van der Waals surface area contributed by atoms with Crippen molar-refractivity contribution in [2.45, 2.75) is 6.92 Å². The summed E-state index contributed by atoms with van der Waals surface area (Å²) in [4.78, 5) is 30.6. The maximum Gasteiger partial charge on any atom is 0.259 e. The second-order valence-electron chi connectivity index (χ2n) is 6.55. The zero-order valence-corrected chi connectivity index (χ0v) is 16.4. The van der Waals surface area contributed by atoms with E-state index < -0.39 is 0 Å². The quantitative estimate of drug-likeness (QED) is 0.633. The summed E-state index contributed by atoms with van der Waals surface area (Å²) in [7, 11) is 0. The number of pyridine rings is 1. The Kier molecular flexibility index (Phi) is 5.18. The van der Waals surface area contributed by atoms with Gasteiger partial charge in [-0.3, -0.25) is 9.59 Å². The second kappa shape index (κ2) is 7.93. The number of fused-ring (bicyclic) bond motifs is 1. The summed E-state index contributed by atoms with van der Waals surface area (Å²) in [6, 6.07) is 15.7. The number of rotatable bonds is 4. The van der Waals surface area contributed by atoms with Crippen molar-refractivity contribution >= 4 is 40.5 Å². The van der Waals surface area contributed by atoms with Gasteiger partial charge in [-0.15, -0.1) is 0 Å². The Balaban J connectivity index is 1.64. The number of hydrogen-bond donors (Lipinski definition) is 1. The van der Waals surface area contributed by atoms with Gasteiger partial charge in [0, 0.05) is 17.4 Å². The number of anilines is 3. The lowest BCUT2D eigenvalue weighted by atomic mass is 10.1. The Morgan fingerprint density at radius 3 is 2.62 bits per heavy atom. The van der Waals surface area contributed by atoms with Crippen LogP contribution in [0.15, 0.2) is 60.8 Å². The van der Waals surface area contributed by atoms with Gasteiger partial charge in [-0.05, 0) is 55.5 Å². The molecule has 0 aliphatic carbocycles. The summed E-state index contributed by atoms with van der Waals surface area (Å²) in [5.41, 5.74) is 2.33. The molecule has 1 N–H and O–H groups in total. The summed E-state index contributed by atoms with van der Waals surface area (Å²) in [5, 5.41) is 3.38. The number of carbonyl (C=O) groups excluding carboxylic acids is 2. The van der Waals surface area contributed by atoms with Gasteiger partial charge >= 0.3 is 0 Å². The average molecular weight is 408 g/mol. The Morgan fingerprint density at radius 2 is 1.90 bits per heavy atom. The maximum atomic E-state index is 12.9. The van der Waals surface area contributed by atoms with Crippen molar-refractivity contribution in [3.8, 4) is 5.75 Å². The van der Waals surface area contributed by atoms with E-state index in [0.717, 1.165) is 5.69 Å². The number of hydrogen-bond acceptors (Lipinski definition) is 5. The largest absolute Gasteiger partial charge is 0.489 e. The van der Waals surface area contributed by atoms with Crippen LogP contribution in [0.2, 0.25) is 5.02 Å². The minimum Gasteiger partial charge on any atom is -0.489 e. The number of ketones is 1. The average Bonchev–Trinajstić information content (AvgIpc) is 2.73. The van der Waals surface area contributed by atoms with Gasteiger partial charge < -0.3 is 15.0 Å². The Morgan fingerprint density at radius 1 is 1.10 bits per heavy atom. The highest BCUT2D eigenvalue weighted by Gasteiger charge is 2.26. The third-order valence-electron chi connectivity index (χ3n) is 4.63. The summed E-state index contributed by atoms with van der Waals surface area (Å²) >= 11 is 6.32. The van der Waals surface area contributed by atoms with E-state index in [1.807, 2.05) is 11.0 Å². The SMILES string of the molecule is CC(=O)c1ccc(NC(=O)c2cccc3c2OCCN3c2ncccc2Cl)cc1. The number of nitrogens with zero attached hydrogens (tertiary/aromatic N) is 2. The van der Waals surface area contributed by atoms with Gasteiger partial charge in [-0.25, -0.2) is 4.98 Å². The van der Waals surface area contributed by atoms with E-state index in [-0.39, 0.29) is 11.7 Å². The van der Waals surface area contributed by atoms with Gasteiger partial charge in [-0.1, -0.05) is 17.7 Å². The molecule has 1 aromatic heterocycles. The monoisotopic (exact) mass is 407 g/mol. The van der Waals surface area contributed by atoms with Crippen molar-refractivity contribution < 1.29 is 14.3 Å². The van der Waals surface area contributed by atoms with Crippen LogP contribution in [0.3, 0.4) is 0 Å². The molecule has 0 atom stereocenters. The van der Waals surface area contributed by atoms with E-state index in [2.05, 4.69) is 10.3 Å². The molecular formula is C22H18ClN3O3. The zero-order chi connectivity index (χ0) is 20.4. The zero-order valence-electron chi connectivity index (χ0n) is 15.7. The molecule has 0 saturated heterocycles. The van der Waals surface area contributed by atoms with Crippen molar-refractivity contribution in [2.24, 2.45) is 0 Å². The third-order valence-corrected chi connectivity index (χ3v) is 4.93. The van der Waals surface area contributed by atoms with Crippen molar-refractivity contribution in [1.29, 1.82) is 0 Å². The van der Waals surface area contributed by atoms with Gasteiger partial charge in [0.25, 0.3) is 5.91 Å². The molecule has 0 radical (unpaired) electrons. The summed E-state index contributed by atoms with van der Waals surface area (Å²) < 4.78 is 5.84. The molecule has 29 heavy (non-hydrogen) atoms. The van der Waals surface area contributed by atoms with Crippen LogP contribution in [-0.2, 0) is 0 Å². The van der Waals surface area contributed by atoms with E-state index in [0.29, 0.717) is 46.6 Å². The molecule has 0 unspecified atom stereocenters. The molecule has 0 saturated carbocycles. The molecule has 146 valence electrons. The van der Waals surface area contributed by atoms with Crippen LogP contribution in [0.5, 0.6) is 5.75 Å². The smallest absolute Gasteiger partial charge is 0.259 e. The van der Waals surface area contributed by atoms with E-state index in [1.165, 1.54) is 6.92 Å². The van der Waals surface area contributed by atoms with Crippen molar-refractivity contribution in [2.75, 3.05) is 23.4 Å². The Labute approximate surface area is 173 Å². The molecule has 1 aliphatic rings. The normalized spacial score (nSPS) is 12.7. The summed E-state index contributed by atoms with van der Waals surface area (Å²) in [6.45, 7) is 2.47. The van der Waals surface area contributed by atoms with Crippen LogP contribution in [0.25, 0.3) is 0 Å². The van der Waals surface area contributed by atoms with E-state index in [1.54, 1.807) is 54.7 Å². The molecule has 0 spiro atoms. The first-order valence-corrected chi connectivity index (χ1v) is 9.48. The molecule has 3 aromatic rings. The second-order valence-corrected chi connectivity index (χ2v) is 6.96. The first-order valence-electron chi connectivity index (χ1n) is 9.11. The standard InChI is InChI=1S/C22H18ClN3O3/c1-14(27)15-7-9-16(10-8-15)25-22(28)17-4-2-6-19-20(17)29-13-12-26(19)21-18(23)5-3-11-24-21/h2-11H,12-13H2,1H3,(H,25,28). The molecule has 2 heterocycles. The summed E-state index contributed by atoms with van der Waals surface area (Å²) in [5.74, 6) is 0.780. The van der Waals surface area contributed by atoms with Crippen LogP contribution >= 0.6 is 11.6 Å². The number of para-hydroxylation sites is 1. The lowest BCUT2D eigenvalue weighted by molar-refractivity contribution is 0.101. The highest BCUT2D eigenvalue weighted by molar-refractivity contribution is 6.33. The molecule has 4 rings (SSSR count). The van der Waals surface area contributed by atoms with Gasteiger partial charge in [0.15, 0.2) is 17.4 Å². The molecule has 0 bridgehead atoms. The molecule has 1 aliphatic heterocycles. The third kappa shape index (κ3) is 3.79. The van der Waals surface area contributed by atoms with Crippen LogP contribution < -0.4 is 15.0 Å². The minimum absolute atomic E-state index is 0.0262. The van der Waals surface area contributed by atoms with E-state index >= 15 is 0 Å². The topological polar surface area (TPSA) is 71.5 Å². The fourth-order valence-electron chi connectivity index (χ4n) is 3.21. The molecule has 1 amide bonds. The van der Waals surface area contributed by atoms with E-state index in [9.17, 15) is 9.59 Å². The molecule has 0 fully saturated rings. The van der Waals surface area contributed by atoms with Crippen molar-refractivity contribution in [1.82, 2.24) is 4.98 Å². The van der Waals surface area contributed by atoms with Crippen LogP contribution in [-0.4, -0.2) is 29.8 Å². The maximum absolute atomic E-state index is 12.9. The highest BCUT2D eigenvalue weighted by Crippen LogP contribution is 2.40. The number of ether oxygens (including phenoxy) is 1. The van der Waals surface area contributed by atoms with Gasteiger partial charge in [0.05, 0.1) is 22.8 Å². The number of amides is 1. The lowest BCUT2D eigenvalue weighted by Crippen LogP contribution is -2.30. The van der Waals surface area contributed by atoms with Crippen LogP contribution in [0.1, 0.15) is 27.6 Å². The van der Waals surface area contributed by atoms with E-state index in [4.69, 9.17) is 16.3 Å². The molecular weight excluding hydrogens is 390 g/mol. The number of nitrogens with one attached hydrogen (secondary N) is 1. The molecule has 2 aromatic carbocycles. The number of carbonyl (C=O) groups is 2. The first-order chi connectivity index (χ1) is 14.0. The predicted octanol–water partition coefficient (Wildman–Crippen LogP) is 4.72. The van der Waals surface area contributed by atoms with Crippen molar-refractivity contribution in [3.63, 3.8) is 0 Å². The summed E-state index contributed by atoms with van der Waals surface area (Å²) in [6.07, 6.45) is 1.68. The fourth-order valence-corrected chi connectivity index (χ4v) is 3.43.